The summed E-state index contributed by atoms with van der Waals surface area (Å²) in [6.07, 6.45) is 9.75. The average molecular weight is 241 g/mol. The minimum atomic E-state index is 0.394. The van der Waals surface area contributed by atoms with Crippen molar-refractivity contribution in [1.82, 2.24) is 5.32 Å². The van der Waals surface area contributed by atoms with E-state index in [4.69, 9.17) is 4.74 Å². The molecule has 0 aromatic carbocycles. The van der Waals surface area contributed by atoms with E-state index in [9.17, 15) is 0 Å². The second-order valence-electron chi connectivity index (χ2n) is 5.58. The molecule has 0 aromatic heterocycles. The summed E-state index contributed by atoms with van der Waals surface area (Å²) in [6, 6.07) is 0.550. The van der Waals surface area contributed by atoms with Crippen LogP contribution in [0.1, 0.15) is 58.8 Å². The molecule has 1 aliphatic rings. The Kier molecular flexibility index (Phi) is 7.14. The van der Waals surface area contributed by atoms with Crippen molar-refractivity contribution >= 4 is 0 Å². The third kappa shape index (κ3) is 4.26. The number of ether oxygens (including phenoxy) is 1. The predicted molar refractivity (Wildman–Crippen MR) is 74.3 cm³/mol. The van der Waals surface area contributed by atoms with Gasteiger partial charge in [-0.3, -0.25) is 0 Å². The van der Waals surface area contributed by atoms with Crippen LogP contribution in [0, 0.1) is 11.8 Å². The van der Waals surface area contributed by atoms with Gasteiger partial charge in [-0.15, -0.1) is 0 Å². The number of likely N-dealkylation sites (N-methyl/N-ethyl adjacent to an activating group) is 1. The van der Waals surface area contributed by atoms with E-state index in [-0.39, 0.29) is 0 Å². The highest BCUT2D eigenvalue weighted by Crippen LogP contribution is 2.34. The first kappa shape index (κ1) is 15.0. The second-order valence-corrected chi connectivity index (χ2v) is 5.58. The number of hydrogen-bond donors (Lipinski definition) is 1. The summed E-state index contributed by atoms with van der Waals surface area (Å²) in [5, 5.41) is 3.53. The third-order valence-electron chi connectivity index (χ3n) is 4.52. The molecule has 2 nitrogen and oxygen atoms in total. The van der Waals surface area contributed by atoms with Gasteiger partial charge in [-0.25, -0.2) is 0 Å². The fraction of sp³-hybridized carbons (Fsp3) is 1.00. The lowest BCUT2D eigenvalue weighted by Gasteiger charge is -2.37. The number of rotatable bonds is 7. The molecule has 0 amide bonds. The number of methoxy groups -OCH3 is 1. The molecular formula is C15H31NO. The van der Waals surface area contributed by atoms with Gasteiger partial charge in [0.25, 0.3) is 0 Å². The molecule has 0 aliphatic heterocycles. The van der Waals surface area contributed by atoms with Crippen molar-refractivity contribution < 1.29 is 4.74 Å². The zero-order chi connectivity index (χ0) is 12.7. The van der Waals surface area contributed by atoms with Crippen LogP contribution in [0.3, 0.4) is 0 Å². The van der Waals surface area contributed by atoms with Gasteiger partial charge in [0.15, 0.2) is 0 Å². The largest absolute Gasteiger partial charge is 0.380 e. The summed E-state index contributed by atoms with van der Waals surface area (Å²) < 4.78 is 5.70. The Morgan fingerprint density at radius 3 is 2.59 bits per heavy atom. The lowest BCUT2D eigenvalue weighted by Crippen LogP contribution is -2.46. The van der Waals surface area contributed by atoms with E-state index in [0.717, 1.165) is 11.8 Å². The highest BCUT2D eigenvalue weighted by molar-refractivity contribution is 4.86. The molecule has 2 heteroatoms. The van der Waals surface area contributed by atoms with Gasteiger partial charge in [0.05, 0.1) is 6.10 Å². The van der Waals surface area contributed by atoms with Gasteiger partial charge in [-0.2, -0.15) is 0 Å². The maximum atomic E-state index is 5.70. The zero-order valence-electron chi connectivity index (χ0n) is 12.2. The van der Waals surface area contributed by atoms with Crippen molar-refractivity contribution in [3.05, 3.63) is 0 Å². The predicted octanol–water partition coefficient (Wildman–Crippen LogP) is 3.61. The smallest absolute Gasteiger partial charge is 0.0726 e. The first-order valence-corrected chi connectivity index (χ1v) is 7.46. The molecule has 0 bridgehead atoms. The molecule has 1 N–H and O–H groups in total. The van der Waals surface area contributed by atoms with E-state index in [1.807, 2.05) is 7.11 Å². The standard InChI is InChI=1S/C15H31NO/c1-5-8-14(17-4)15(16-3)13-10-7-9-12(6-2)11-13/h12-16H,5-11H2,1-4H3. The normalized spacial score (nSPS) is 28.9. The Morgan fingerprint density at radius 1 is 1.29 bits per heavy atom. The number of nitrogens with one attached hydrogen (secondary N) is 1. The molecule has 0 radical (unpaired) electrons. The van der Waals surface area contributed by atoms with Crippen molar-refractivity contribution in [2.75, 3.05) is 14.2 Å². The molecule has 17 heavy (non-hydrogen) atoms. The molecule has 0 saturated heterocycles. The highest BCUT2D eigenvalue weighted by atomic mass is 16.5. The topological polar surface area (TPSA) is 21.3 Å². The molecule has 102 valence electrons. The Balaban J connectivity index is 2.58. The van der Waals surface area contributed by atoms with Crippen LogP contribution >= 0.6 is 0 Å². The van der Waals surface area contributed by atoms with Gasteiger partial charge in [0.1, 0.15) is 0 Å². The second kappa shape index (κ2) is 8.10. The fourth-order valence-corrected chi connectivity index (χ4v) is 3.48. The maximum absolute atomic E-state index is 5.70. The maximum Gasteiger partial charge on any atom is 0.0726 e. The molecule has 4 atom stereocenters. The van der Waals surface area contributed by atoms with Crippen LogP contribution in [-0.4, -0.2) is 26.3 Å². The fourth-order valence-electron chi connectivity index (χ4n) is 3.48. The van der Waals surface area contributed by atoms with E-state index in [1.165, 1.54) is 44.9 Å². The van der Waals surface area contributed by atoms with Crippen molar-refractivity contribution in [1.29, 1.82) is 0 Å². The summed E-state index contributed by atoms with van der Waals surface area (Å²) in [4.78, 5) is 0. The van der Waals surface area contributed by atoms with E-state index in [0.29, 0.717) is 12.1 Å². The molecule has 0 aromatic rings. The van der Waals surface area contributed by atoms with Crippen molar-refractivity contribution in [2.24, 2.45) is 11.8 Å². The van der Waals surface area contributed by atoms with E-state index >= 15 is 0 Å². The van der Waals surface area contributed by atoms with Crippen LogP contribution in [0.4, 0.5) is 0 Å². The minimum Gasteiger partial charge on any atom is -0.380 e. The summed E-state index contributed by atoms with van der Waals surface area (Å²) in [7, 11) is 3.96. The van der Waals surface area contributed by atoms with Gasteiger partial charge in [-0.1, -0.05) is 39.5 Å². The molecule has 4 unspecified atom stereocenters. The van der Waals surface area contributed by atoms with Gasteiger partial charge >= 0.3 is 0 Å². The Bertz CT molecular complexity index is 195. The van der Waals surface area contributed by atoms with Crippen LogP contribution in [0.5, 0.6) is 0 Å². The molecule has 1 rings (SSSR count). The summed E-state index contributed by atoms with van der Waals surface area (Å²) in [5.41, 5.74) is 0. The van der Waals surface area contributed by atoms with E-state index in [1.54, 1.807) is 0 Å². The van der Waals surface area contributed by atoms with E-state index in [2.05, 4.69) is 26.2 Å². The summed E-state index contributed by atoms with van der Waals surface area (Å²) in [6.45, 7) is 4.58. The molecule has 1 fully saturated rings. The highest BCUT2D eigenvalue weighted by Gasteiger charge is 2.31. The first-order valence-electron chi connectivity index (χ1n) is 7.46. The Labute approximate surface area is 108 Å². The van der Waals surface area contributed by atoms with Crippen LogP contribution in [0.25, 0.3) is 0 Å². The van der Waals surface area contributed by atoms with Crippen LogP contribution in [0.15, 0.2) is 0 Å². The lowest BCUT2D eigenvalue weighted by molar-refractivity contribution is 0.0302. The molecule has 1 saturated carbocycles. The minimum absolute atomic E-state index is 0.394. The molecule has 0 spiro atoms. The quantitative estimate of drug-likeness (QED) is 0.735. The third-order valence-corrected chi connectivity index (χ3v) is 4.52. The monoisotopic (exact) mass is 241 g/mol. The van der Waals surface area contributed by atoms with Crippen molar-refractivity contribution in [3.63, 3.8) is 0 Å². The van der Waals surface area contributed by atoms with Crippen molar-refractivity contribution in [2.45, 2.75) is 70.9 Å². The van der Waals surface area contributed by atoms with Crippen LogP contribution in [0.2, 0.25) is 0 Å². The average Bonchev–Trinajstić information content (AvgIpc) is 2.38. The SMILES string of the molecule is CCCC(OC)C(NC)C1CCCC(CC)C1. The van der Waals surface area contributed by atoms with Crippen molar-refractivity contribution in [3.8, 4) is 0 Å². The molecular weight excluding hydrogens is 210 g/mol. The molecule has 0 heterocycles. The summed E-state index contributed by atoms with van der Waals surface area (Å²) >= 11 is 0. The Morgan fingerprint density at radius 2 is 2.06 bits per heavy atom. The van der Waals surface area contributed by atoms with Gasteiger partial charge in [0, 0.05) is 13.2 Å². The van der Waals surface area contributed by atoms with Crippen LogP contribution < -0.4 is 5.32 Å². The summed E-state index contributed by atoms with van der Waals surface area (Å²) in [5.74, 6) is 1.76. The zero-order valence-corrected chi connectivity index (χ0v) is 12.2. The number of hydrogen-bond acceptors (Lipinski definition) is 2. The van der Waals surface area contributed by atoms with Gasteiger partial charge in [0.2, 0.25) is 0 Å². The first-order chi connectivity index (χ1) is 8.26. The lowest BCUT2D eigenvalue weighted by atomic mass is 9.75. The Hall–Kier alpha value is -0.0800. The van der Waals surface area contributed by atoms with E-state index < -0.39 is 0 Å². The van der Waals surface area contributed by atoms with Gasteiger partial charge in [-0.05, 0) is 38.1 Å². The van der Waals surface area contributed by atoms with Crippen LogP contribution in [-0.2, 0) is 4.74 Å². The van der Waals surface area contributed by atoms with Gasteiger partial charge < -0.3 is 10.1 Å². The molecule has 1 aliphatic carbocycles.